The zero-order chi connectivity index (χ0) is 19.1. The Kier molecular flexibility index (Phi) is 21.3. The Morgan fingerprint density at radius 1 is 0.538 bits per heavy atom. The molecule has 150 valence electrons. The smallest absolute Gasteiger partial charge is 0.151 e. The molecular weight excluding hydrogens is 320 g/mol. The zero-order valence-electron chi connectivity index (χ0n) is 17.2. The van der Waals surface area contributed by atoms with Crippen LogP contribution in [-0.2, 0) is 0 Å². The maximum atomic E-state index is 8.74. The van der Waals surface area contributed by atoms with Crippen LogP contribution >= 0.6 is 0 Å². The largest absolute Gasteiger partial charge is 0.368 e. The normalized spacial score (nSPS) is 10.3. The van der Waals surface area contributed by atoms with Gasteiger partial charge in [0.25, 0.3) is 0 Å². The first kappa shape index (κ1) is 25.0. The molecule has 0 atom stereocenters. The van der Waals surface area contributed by atoms with Crippen LogP contribution in [0.5, 0.6) is 0 Å². The summed E-state index contributed by atoms with van der Waals surface area (Å²) in [4.78, 5) is 0. The number of hydrogen-bond donors (Lipinski definition) is 2. The molecular formula is C24H42O2. The van der Waals surface area contributed by atoms with E-state index in [1.165, 1.54) is 77.0 Å². The Morgan fingerprint density at radius 3 is 1.35 bits per heavy atom. The fraction of sp³-hybridized carbons (Fsp3) is 0.833. The Bertz CT molecular complexity index is 392. The second-order valence-electron chi connectivity index (χ2n) is 7.32. The van der Waals surface area contributed by atoms with E-state index in [2.05, 4.69) is 30.6 Å². The van der Waals surface area contributed by atoms with Gasteiger partial charge in [0, 0.05) is 12.8 Å². The van der Waals surface area contributed by atoms with Gasteiger partial charge in [0.2, 0.25) is 0 Å². The lowest BCUT2D eigenvalue weighted by Gasteiger charge is -2.02. The second-order valence-corrected chi connectivity index (χ2v) is 7.32. The van der Waals surface area contributed by atoms with Gasteiger partial charge in [-0.05, 0) is 37.5 Å². The topological polar surface area (TPSA) is 40.5 Å². The van der Waals surface area contributed by atoms with Gasteiger partial charge in [-0.25, -0.2) is 0 Å². The lowest BCUT2D eigenvalue weighted by molar-refractivity contribution is -0.0466. The Hall–Kier alpha value is -0.960. The van der Waals surface area contributed by atoms with Crippen LogP contribution in [0.15, 0.2) is 0 Å². The molecule has 0 spiro atoms. The molecule has 0 aliphatic rings. The van der Waals surface area contributed by atoms with Crippen LogP contribution in [-0.4, -0.2) is 16.5 Å². The number of aliphatic hydroxyl groups is 2. The van der Waals surface area contributed by atoms with Gasteiger partial charge in [0.05, 0.1) is 0 Å². The van der Waals surface area contributed by atoms with Crippen LogP contribution in [0, 0.1) is 23.7 Å². The van der Waals surface area contributed by atoms with Gasteiger partial charge >= 0.3 is 0 Å². The third-order valence-electron chi connectivity index (χ3n) is 4.66. The fourth-order valence-electron chi connectivity index (χ4n) is 2.98. The third kappa shape index (κ3) is 23.0. The summed E-state index contributed by atoms with van der Waals surface area (Å²) < 4.78 is 0. The minimum atomic E-state index is -1.13. The first-order valence-corrected chi connectivity index (χ1v) is 11.1. The molecule has 0 aliphatic carbocycles. The van der Waals surface area contributed by atoms with Crippen LogP contribution < -0.4 is 0 Å². The van der Waals surface area contributed by atoms with Crippen LogP contribution in [0.4, 0.5) is 0 Å². The van der Waals surface area contributed by atoms with Gasteiger partial charge in [-0.2, -0.15) is 0 Å². The van der Waals surface area contributed by atoms with Crippen molar-refractivity contribution in [3.63, 3.8) is 0 Å². The van der Waals surface area contributed by atoms with Gasteiger partial charge < -0.3 is 10.2 Å². The molecule has 0 aromatic carbocycles. The van der Waals surface area contributed by atoms with E-state index in [4.69, 9.17) is 10.2 Å². The molecule has 0 saturated carbocycles. The van der Waals surface area contributed by atoms with Crippen LogP contribution in [0.3, 0.4) is 0 Å². The minimum absolute atomic E-state index is 0.503. The molecule has 0 aromatic heterocycles. The molecule has 0 aliphatic heterocycles. The minimum Gasteiger partial charge on any atom is -0.368 e. The average molecular weight is 363 g/mol. The van der Waals surface area contributed by atoms with Crippen molar-refractivity contribution in [2.75, 3.05) is 0 Å². The van der Waals surface area contributed by atoms with E-state index in [0.29, 0.717) is 6.42 Å². The molecule has 0 saturated heterocycles. The Balaban J connectivity index is 3.24. The molecule has 0 heterocycles. The lowest BCUT2D eigenvalue weighted by atomic mass is 10.1. The molecule has 0 bridgehead atoms. The van der Waals surface area contributed by atoms with Gasteiger partial charge in [0.1, 0.15) is 0 Å². The average Bonchev–Trinajstić information content (AvgIpc) is 2.62. The number of rotatable bonds is 17. The van der Waals surface area contributed by atoms with E-state index >= 15 is 0 Å². The van der Waals surface area contributed by atoms with E-state index < -0.39 is 6.29 Å². The van der Waals surface area contributed by atoms with Crippen molar-refractivity contribution in [3.8, 4) is 23.7 Å². The van der Waals surface area contributed by atoms with Gasteiger partial charge in [0.15, 0.2) is 6.29 Å². The van der Waals surface area contributed by atoms with Crippen molar-refractivity contribution in [1.82, 2.24) is 0 Å². The maximum Gasteiger partial charge on any atom is 0.151 e. The highest BCUT2D eigenvalue weighted by atomic mass is 16.5. The summed E-state index contributed by atoms with van der Waals surface area (Å²) in [6.45, 7) is 2.27. The van der Waals surface area contributed by atoms with Crippen LogP contribution in [0.2, 0.25) is 0 Å². The predicted molar refractivity (Wildman–Crippen MR) is 113 cm³/mol. The van der Waals surface area contributed by atoms with Gasteiger partial charge in [-0.1, -0.05) is 95.8 Å². The number of unbranched alkanes of at least 4 members (excludes halogenated alkanes) is 15. The molecule has 2 nitrogen and oxygen atoms in total. The molecule has 0 unspecified atom stereocenters. The first-order chi connectivity index (χ1) is 12.8. The number of hydrogen-bond acceptors (Lipinski definition) is 2. The molecule has 0 aromatic rings. The Labute approximate surface area is 163 Å². The quantitative estimate of drug-likeness (QED) is 0.180. The lowest BCUT2D eigenvalue weighted by Crippen LogP contribution is -2.02. The van der Waals surface area contributed by atoms with E-state index in [9.17, 15) is 0 Å². The van der Waals surface area contributed by atoms with Crippen LogP contribution in [0.25, 0.3) is 0 Å². The SMILES string of the molecule is CCCCCCCCCCCC#CC#CCCCCCCCCC(O)O. The summed E-state index contributed by atoms with van der Waals surface area (Å²) >= 11 is 0. The van der Waals surface area contributed by atoms with Crippen molar-refractivity contribution < 1.29 is 10.2 Å². The highest BCUT2D eigenvalue weighted by Gasteiger charge is 1.96. The summed E-state index contributed by atoms with van der Waals surface area (Å²) in [5.74, 6) is 12.3. The first-order valence-electron chi connectivity index (χ1n) is 11.1. The number of aliphatic hydroxyl groups excluding tert-OH is 1. The van der Waals surface area contributed by atoms with E-state index in [1.807, 2.05) is 0 Å². The monoisotopic (exact) mass is 362 g/mol. The molecule has 0 fully saturated rings. The van der Waals surface area contributed by atoms with Crippen molar-refractivity contribution in [1.29, 1.82) is 0 Å². The molecule has 2 heteroatoms. The van der Waals surface area contributed by atoms with E-state index in [1.54, 1.807) is 0 Å². The van der Waals surface area contributed by atoms with Crippen molar-refractivity contribution in [2.45, 2.75) is 129 Å². The summed E-state index contributed by atoms with van der Waals surface area (Å²) in [7, 11) is 0. The summed E-state index contributed by atoms with van der Waals surface area (Å²) in [6.07, 6.45) is 20.3. The summed E-state index contributed by atoms with van der Waals surface area (Å²) in [5, 5.41) is 17.5. The molecule has 2 N–H and O–H groups in total. The molecule has 0 rings (SSSR count). The van der Waals surface area contributed by atoms with Gasteiger partial charge in [-0.3, -0.25) is 0 Å². The van der Waals surface area contributed by atoms with E-state index in [0.717, 1.165) is 32.1 Å². The summed E-state index contributed by atoms with van der Waals surface area (Å²) in [6, 6.07) is 0. The van der Waals surface area contributed by atoms with Crippen LogP contribution in [0.1, 0.15) is 122 Å². The Morgan fingerprint density at radius 2 is 0.923 bits per heavy atom. The fourth-order valence-corrected chi connectivity index (χ4v) is 2.98. The standard InChI is InChI=1S/C24H42O2/c1-2-3-4-5-6-7-8-9-10-11-12-13-14-15-16-17-18-19-20-21-22-23-24(25)26/h24-26H,2-11,16-23H2,1H3. The molecule has 0 radical (unpaired) electrons. The van der Waals surface area contributed by atoms with Crippen molar-refractivity contribution >= 4 is 0 Å². The van der Waals surface area contributed by atoms with E-state index in [-0.39, 0.29) is 0 Å². The second kappa shape index (κ2) is 22.1. The maximum absolute atomic E-state index is 8.74. The zero-order valence-corrected chi connectivity index (χ0v) is 17.2. The van der Waals surface area contributed by atoms with Crippen molar-refractivity contribution in [2.24, 2.45) is 0 Å². The summed E-state index contributed by atoms with van der Waals surface area (Å²) in [5.41, 5.74) is 0. The van der Waals surface area contributed by atoms with Crippen molar-refractivity contribution in [3.05, 3.63) is 0 Å². The third-order valence-corrected chi connectivity index (χ3v) is 4.66. The highest BCUT2D eigenvalue weighted by Crippen LogP contribution is 2.10. The predicted octanol–water partition coefficient (Wildman–Crippen LogP) is 6.35. The molecule has 26 heavy (non-hydrogen) atoms. The highest BCUT2D eigenvalue weighted by molar-refractivity contribution is 5.25. The molecule has 0 amide bonds. The van der Waals surface area contributed by atoms with Gasteiger partial charge in [-0.15, -0.1) is 0 Å².